The van der Waals surface area contributed by atoms with E-state index < -0.39 is 0 Å². The Kier molecular flexibility index (Phi) is 3.13. The fourth-order valence-electron chi connectivity index (χ4n) is 1.46. The zero-order chi connectivity index (χ0) is 8.27. The third kappa shape index (κ3) is 3.06. The minimum absolute atomic E-state index is 0.0958. The Morgan fingerprint density at radius 2 is 2.18 bits per heavy atom. The SMILES string of the molecule is CC(C)CC(O)CC1=CCC1. The molecule has 0 aliphatic heterocycles. The Labute approximate surface area is 69.1 Å². The van der Waals surface area contributed by atoms with Crippen molar-refractivity contribution in [1.29, 1.82) is 0 Å². The number of hydrogen-bond acceptors (Lipinski definition) is 1. The van der Waals surface area contributed by atoms with Gasteiger partial charge in [0.1, 0.15) is 0 Å². The Morgan fingerprint density at radius 3 is 2.55 bits per heavy atom. The summed E-state index contributed by atoms with van der Waals surface area (Å²) in [5.74, 6) is 0.616. The highest BCUT2D eigenvalue weighted by Gasteiger charge is 2.12. The highest BCUT2D eigenvalue weighted by molar-refractivity contribution is 5.12. The van der Waals surface area contributed by atoms with Crippen LogP contribution < -0.4 is 0 Å². The van der Waals surface area contributed by atoms with Gasteiger partial charge in [0.25, 0.3) is 0 Å². The van der Waals surface area contributed by atoms with Gasteiger partial charge >= 0.3 is 0 Å². The summed E-state index contributed by atoms with van der Waals surface area (Å²) in [4.78, 5) is 0. The predicted molar refractivity (Wildman–Crippen MR) is 47.4 cm³/mol. The van der Waals surface area contributed by atoms with Crippen molar-refractivity contribution in [1.82, 2.24) is 0 Å². The fourth-order valence-corrected chi connectivity index (χ4v) is 1.46. The van der Waals surface area contributed by atoms with Gasteiger partial charge in [-0.15, -0.1) is 0 Å². The molecular weight excluding hydrogens is 136 g/mol. The van der Waals surface area contributed by atoms with Gasteiger partial charge in [0.2, 0.25) is 0 Å². The van der Waals surface area contributed by atoms with Crippen molar-refractivity contribution in [3.8, 4) is 0 Å². The van der Waals surface area contributed by atoms with Crippen LogP contribution in [0.25, 0.3) is 0 Å². The summed E-state index contributed by atoms with van der Waals surface area (Å²) >= 11 is 0. The van der Waals surface area contributed by atoms with E-state index in [1.54, 1.807) is 0 Å². The first-order valence-electron chi connectivity index (χ1n) is 4.54. The highest BCUT2D eigenvalue weighted by atomic mass is 16.3. The van der Waals surface area contributed by atoms with Crippen molar-refractivity contribution in [3.05, 3.63) is 11.6 Å². The maximum atomic E-state index is 9.51. The monoisotopic (exact) mass is 154 g/mol. The maximum absolute atomic E-state index is 9.51. The number of hydrogen-bond donors (Lipinski definition) is 1. The van der Waals surface area contributed by atoms with Crippen LogP contribution in [0.1, 0.15) is 39.5 Å². The molecule has 1 aliphatic rings. The van der Waals surface area contributed by atoms with Crippen molar-refractivity contribution < 1.29 is 5.11 Å². The lowest BCUT2D eigenvalue weighted by molar-refractivity contribution is 0.147. The van der Waals surface area contributed by atoms with Gasteiger partial charge in [0.15, 0.2) is 0 Å². The van der Waals surface area contributed by atoms with Gasteiger partial charge in [-0.05, 0) is 31.6 Å². The number of rotatable bonds is 4. The van der Waals surface area contributed by atoms with E-state index in [-0.39, 0.29) is 6.10 Å². The van der Waals surface area contributed by atoms with Crippen LogP contribution in [-0.2, 0) is 0 Å². The molecule has 0 spiro atoms. The normalized spacial score (nSPS) is 19.5. The van der Waals surface area contributed by atoms with Gasteiger partial charge in [-0.3, -0.25) is 0 Å². The molecule has 0 bridgehead atoms. The van der Waals surface area contributed by atoms with Crippen molar-refractivity contribution in [2.24, 2.45) is 5.92 Å². The molecule has 1 atom stereocenters. The molecule has 1 unspecified atom stereocenters. The molecule has 64 valence electrons. The molecule has 1 nitrogen and oxygen atoms in total. The summed E-state index contributed by atoms with van der Waals surface area (Å²) in [5, 5.41) is 9.51. The van der Waals surface area contributed by atoms with Gasteiger partial charge in [-0.2, -0.15) is 0 Å². The first kappa shape index (κ1) is 8.79. The molecule has 1 N–H and O–H groups in total. The Balaban J connectivity index is 2.14. The summed E-state index contributed by atoms with van der Waals surface area (Å²) in [6.07, 6.45) is 6.44. The fraction of sp³-hybridized carbons (Fsp3) is 0.800. The highest BCUT2D eigenvalue weighted by Crippen LogP contribution is 2.24. The van der Waals surface area contributed by atoms with E-state index in [9.17, 15) is 5.11 Å². The average Bonchev–Trinajstić information content (AvgIpc) is 1.77. The molecular formula is C10H18O. The Hall–Kier alpha value is -0.300. The van der Waals surface area contributed by atoms with E-state index in [0.29, 0.717) is 5.92 Å². The van der Waals surface area contributed by atoms with Crippen LogP contribution in [0.2, 0.25) is 0 Å². The third-order valence-corrected chi connectivity index (χ3v) is 2.14. The second-order valence-electron chi connectivity index (χ2n) is 3.89. The summed E-state index contributed by atoms with van der Waals surface area (Å²) in [6.45, 7) is 4.30. The summed E-state index contributed by atoms with van der Waals surface area (Å²) in [5.41, 5.74) is 1.46. The van der Waals surface area contributed by atoms with Gasteiger partial charge in [-0.1, -0.05) is 25.5 Å². The lowest BCUT2D eigenvalue weighted by Crippen LogP contribution is -2.12. The largest absolute Gasteiger partial charge is 0.393 e. The number of allylic oxidation sites excluding steroid dienone is 1. The first-order chi connectivity index (χ1) is 5.18. The topological polar surface area (TPSA) is 20.2 Å². The Bertz CT molecular complexity index is 147. The summed E-state index contributed by atoms with van der Waals surface area (Å²) in [6, 6.07) is 0. The molecule has 0 fully saturated rings. The second-order valence-corrected chi connectivity index (χ2v) is 3.89. The van der Waals surface area contributed by atoms with Crippen molar-refractivity contribution >= 4 is 0 Å². The third-order valence-electron chi connectivity index (χ3n) is 2.14. The summed E-state index contributed by atoms with van der Waals surface area (Å²) < 4.78 is 0. The van der Waals surface area contributed by atoms with Crippen LogP contribution in [0, 0.1) is 5.92 Å². The molecule has 11 heavy (non-hydrogen) atoms. The van der Waals surface area contributed by atoms with E-state index in [0.717, 1.165) is 12.8 Å². The molecule has 0 saturated carbocycles. The van der Waals surface area contributed by atoms with Crippen molar-refractivity contribution in [2.75, 3.05) is 0 Å². The average molecular weight is 154 g/mol. The number of aliphatic hydroxyl groups is 1. The van der Waals surface area contributed by atoms with Gasteiger partial charge in [-0.25, -0.2) is 0 Å². The molecule has 1 aliphatic carbocycles. The van der Waals surface area contributed by atoms with Crippen LogP contribution in [0.3, 0.4) is 0 Å². The van der Waals surface area contributed by atoms with Crippen molar-refractivity contribution in [3.63, 3.8) is 0 Å². The van der Waals surface area contributed by atoms with Crippen LogP contribution >= 0.6 is 0 Å². The maximum Gasteiger partial charge on any atom is 0.0579 e. The molecule has 0 aromatic carbocycles. The molecule has 1 heteroatoms. The minimum atomic E-state index is -0.0958. The van der Waals surface area contributed by atoms with Gasteiger partial charge < -0.3 is 5.11 Å². The number of aliphatic hydroxyl groups excluding tert-OH is 1. The van der Waals surface area contributed by atoms with Gasteiger partial charge in [0.05, 0.1) is 6.10 Å². The zero-order valence-electron chi connectivity index (χ0n) is 7.51. The minimum Gasteiger partial charge on any atom is -0.393 e. The first-order valence-corrected chi connectivity index (χ1v) is 4.54. The lowest BCUT2D eigenvalue weighted by atomic mass is 9.91. The van der Waals surface area contributed by atoms with E-state index in [4.69, 9.17) is 0 Å². The van der Waals surface area contributed by atoms with Crippen LogP contribution in [0.4, 0.5) is 0 Å². The second kappa shape index (κ2) is 3.91. The van der Waals surface area contributed by atoms with Crippen LogP contribution in [0.15, 0.2) is 11.6 Å². The molecule has 0 aromatic rings. The standard InChI is InChI=1S/C10H18O/c1-8(2)6-10(11)7-9-4-3-5-9/h4,8,10-11H,3,5-7H2,1-2H3. The van der Waals surface area contributed by atoms with E-state index >= 15 is 0 Å². The van der Waals surface area contributed by atoms with E-state index in [1.807, 2.05) is 0 Å². The lowest BCUT2D eigenvalue weighted by Gasteiger charge is -2.19. The van der Waals surface area contributed by atoms with E-state index in [2.05, 4.69) is 19.9 Å². The smallest absolute Gasteiger partial charge is 0.0579 e. The molecule has 1 rings (SSSR count). The van der Waals surface area contributed by atoms with E-state index in [1.165, 1.54) is 18.4 Å². The van der Waals surface area contributed by atoms with Crippen LogP contribution in [-0.4, -0.2) is 11.2 Å². The zero-order valence-corrected chi connectivity index (χ0v) is 7.51. The Morgan fingerprint density at radius 1 is 1.55 bits per heavy atom. The van der Waals surface area contributed by atoms with Crippen LogP contribution in [0.5, 0.6) is 0 Å². The predicted octanol–water partition coefficient (Wildman–Crippen LogP) is 2.50. The molecule has 0 amide bonds. The van der Waals surface area contributed by atoms with Gasteiger partial charge in [0, 0.05) is 0 Å². The molecule has 0 heterocycles. The molecule has 0 saturated heterocycles. The summed E-state index contributed by atoms with van der Waals surface area (Å²) in [7, 11) is 0. The molecule has 0 aromatic heterocycles. The van der Waals surface area contributed by atoms with Crippen molar-refractivity contribution in [2.45, 2.75) is 45.6 Å². The molecule has 0 radical (unpaired) electrons. The quantitative estimate of drug-likeness (QED) is 0.617.